The second-order valence-electron chi connectivity index (χ2n) is 5.84. The number of nitrogens with zero attached hydrogens (tertiary/aromatic N) is 1. The van der Waals surface area contributed by atoms with E-state index in [1.54, 1.807) is 0 Å². The average molecular weight is 270 g/mol. The topological polar surface area (TPSA) is 48.5 Å². The molecule has 0 spiro atoms. The zero-order valence-corrected chi connectivity index (χ0v) is 12.3. The van der Waals surface area contributed by atoms with Crippen LogP contribution in [0.25, 0.3) is 0 Å². The highest BCUT2D eigenvalue weighted by Gasteiger charge is 2.21. The molecule has 0 amide bonds. The van der Waals surface area contributed by atoms with Crippen molar-refractivity contribution in [2.24, 2.45) is 4.99 Å². The molecule has 0 saturated heterocycles. The van der Waals surface area contributed by atoms with Gasteiger partial charge < -0.3 is 16.0 Å². The molecule has 2 aliphatic rings. The van der Waals surface area contributed by atoms with Crippen LogP contribution in [0.3, 0.4) is 0 Å². The standard InChI is InChI=1S/C16H22N4/c1-10-4-11(2)6-14(5-10)19-16-18-8-13-7-12(3)17-9-15(13)20-16/h4-6,8,12,16-17,19-20H,7,9H2,1-3H3. The summed E-state index contributed by atoms with van der Waals surface area (Å²) in [4.78, 5) is 4.57. The lowest BCUT2D eigenvalue weighted by atomic mass is 10.0. The molecule has 2 unspecified atom stereocenters. The van der Waals surface area contributed by atoms with Crippen molar-refractivity contribution in [3.63, 3.8) is 0 Å². The van der Waals surface area contributed by atoms with Gasteiger partial charge in [0, 0.05) is 30.2 Å². The molecular weight excluding hydrogens is 248 g/mol. The number of hydrogen-bond acceptors (Lipinski definition) is 4. The molecule has 0 fully saturated rings. The molecule has 0 aliphatic carbocycles. The molecule has 3 rings (SSSR count). The summed E-state index contributed by atoms with van der Waals surface area (Å²) in [5.74, 6) is 0. The van der Waals surface area contributed by atoms with Crippen LogP contribution in [0, 0.1) is 13.8 Å². The number of anilines is 1. The zero-order valence-electron chi connectivity index (χ0n) is 12.3. The van der Waals surface area contributed by atoms with E-state index in [0.29, 0.717) is 6.04 Å². The third-order valence-electron chi connectivity index (χ3n) is 3.76. The van der Waals surface area contributed by atoms with E-state index >= 15 is 0 Å². The molecule has 3 N–H and O–H groups in total. The second-order valence-corrected chi connectivity index (χ2v) is 5.84. The third-order valence-corrected chi connectivity index (χ3v) is 3.76. The van der Waals surface area contributed by atoms with Crippen LogP contribution in [-0.2, 0) is 0 Å². The van der Waals surface area contributed by atoms with Crippen LogP contribution >= 0.6 is 0 Å². The lowest BCUT2D eigenvalue weighted by Gasteiger charge is -2.31. The summed E-state index contributed by atoms with van der Waals surface area (Å²) < 4.78 is 0. The quantitative estimate of drug-likeness (QED) is 0.773. The molecule has 4 nitrogen and oxygen atoms in total. The Kier molecular flexibility index (Phi) is 3.49. The molecule has 4 heteroatoms. The fourth-order valence-corrected chi connectivity index (χ4v) is 2.85. The van der Waals surface area contributed by atoms with Gasteiger partial charge in [0.2, 0.25) is 0 Å². The average Bonchev–Trinajstić information content (AvgIpc) is 2.38. The maximum atomic E-state index is 4.57. The first-order chi connectivity index (χ1) is 9.60. The number of nitrogens with one attached hydrogen (secondary N) is 3. The van der Waals surface area contributed by atoms with Crippen molar-refractivity contribution in [2.75, 3.05) is 11.9 Å². The van der Waals surface area contributed by atoms with E-state index < -0.39 is 0 Å². The third kappa shape index (κ3) is 2.85. The van der Waals surface area contributed by atoms with Crippen LogP contribution < -0.4 is 16.0 Å². The van der Waals surface area contributed by atoms with Gasteiger partial charge in [-0.05, 0) is 56.0 Å². The van der Waals surface area contributed by atoms with Gasteiger partial charge in [-0.15, -0.1) is 0 Å². The summed E-state index contributed by atoms with van der Waals surface area (Å²) in [6, 6.07) is 7.01. The van der Waals surface area contributed by atoms with Crippen LogP contribution in [0.15, 0.2) is 34.5 Å². The van der Waals surface area contributed by atoms with Gasteiger partial charge in [0.25, 0.3) is 0 Å². The lowest BCUT2D eigenvalue weighted by Crippen LogP contribution is -2.45. The van der Waals surface area contributed by atoms with E-state index in [9.17, 15) is 0 Å². The van der Waals surface area contributed by atoms with Crippen molar-refractivity contribution >= 4 is 11.9 Å². The molecule has 106 valence electrons. The Morgan fingerprint density at radius 2 is 1.95 bits per heavy atom. The molecule has 1 aromatic carbocycles. The van der Waals surface area contributed by atoms with Gasteiger partial charge in [0.15, 0.2) is 6.29 Å². The first kappa shape index (κ1) is 13.2. The van der Waals surface area contributed by atoms with Gasteiger partial charge in [0.05, 0.1) is 0 Å². The van der Waals surface area contributed by atoms with Gasteiger partial charge >= 0.3 is 0 Å². The number of aryl methyl sites for hydroxylation is 2. The maximum absolute atomic E-state index is 4.57. The molecule has 2 heterocycles. The van der Waals surface area contributed by atoms with E-state index in [2.05, 4.69) is 59.9 Å². The Morgan fingerprint density at radius 1 is 1.20 bits per heavy atom. The number of rotatable bonds is 2. The zero-order chi connectivity index (χ0) is 14.1. The maximum Gasteiger partial charge on any atom is 0.193 e. The Bertz CT molecular complexity index is 554. The van der Waals surface area contributed by atoms with Crippen LogP contribution in [-0.4, -0.2) is 25.1 Å². The molecular formula is C16H22N4. The van der Waals surface area contributed by atoms with Gasteiger partial charge in [0.1, 0.15) is 0 Å². The number of hydrogen-bond donors (Lipinski definition) is 3. The second kappa shape index (κ2) is 5.29. The molecule has 0 saturated carbocycles. The summed E-state index contributed by atoms with van der Waals surface area (Å²) in [5, 5.41) is 10.4. The summed E-state index contributed by atoms with van der Waals surface area (Å²) in [7, 11) is 0. The molecule has 20 heavy (non-hydrogen) atoms. The van der Waals surface area contributed by atoms with Crippen LogP contribution in [0.5, 0.6) is 0 Å². The van der Waals surface area contributed by atoms with E-state index in [4.69, 9.17) is 0 Å². The Hall–Kier alpha value is -1.81. The fraction of sp³-hybridized carbons (Fsp3) is 0.438. The Morgan fingerprint density at radius 3 is 2.70 bits per heavy atom. The van der Waals surface area contributed by atoms with E-state index in [1.807, 2.05) is 6.21 Å². The normalized spacial score (nSPS) is 25.1. The van der Waals surface area contributed by atoms with E-state index in [1.165, 1.54) is 22.4 Å². The molecule has 0 radical (unpaired) electrons. The van der Waals surface area contributed by atoms with Gasteiger partial charge in [-0.25, -0.2) is 4.99 Å². The van der Waals surface area contributed by atoms with Crippen molar-refractivity contribution in [3.05, 3.63) is 40.6 Å². The predicted octanol–water partition coefficient (Wildman–Crippen LogP) is 2.31. The fourth-order valence-electron chi connectivity index (χ4n) is 2.85. The minimum Gasteiger partial charge on any atom is -0.349 e. The molecule has 2 aliphatic heterocycles. The smallest absolute Gasteiger partial charge is 0.193 e. The van der Waals surface area contributed by atoms with Gasteiger partial charge in [-0.1, -0.05) is 6.07 Å². The van der Waals surface area contributed by atoms with Crippen LogP contribution in [0.2, 0.25) is 0 Å². The number of aliphatic imine (C=N–C) groups is 1. The minimum absolute atomic E-state index is 0.0786. The molecule has 0 aromatic heterocycles. The SMILES string of the molecule is Cc1cc(C)cc(NC2N=CC3=C(CNC(C)C3)N2)c1. The highest BCUT2D eigenvalue weighted by molar-refractivity contribution is 5.81. The van der Waals surface area contributed by atoms with Crippen LogP contribution in [0.1, 0.15) is 24.5 Å². The Balaban J connectivity index is 1.71. The first-order valence-corrected chi connectivity index (χ1v) is 7.20. The molecule has 2 atom stereocenters. The summed E-state index contributed by atoms with van der Waals surface area (Å²) >= 11 is 0. The van der Waals surface area contributed by atoms with E-state index in [0.717, 1.165) is 18.7 Å². The largest absolute Gasteiger partial charge is 0.349 e. The summed E-state index contributed by atoms with van der Waals surface area (Å²) in [5.41, 5.74) is 6.23. The summed E-state index contributed by atoms with van der Waals surface area (Å²) in [6.45, 7) is 7.33. The van der Waals surface area contributed by atoms with Crippen LogP contribution in [0.4, 0.5) is 5.69 Å². The van der Waals surface area contributed by atoms with Crippen molar-refractivity contribution in [1.29, 1.82) is 0 Å². The predicted molar refractivity (Wildman–Crippen MR) is 84.1 cm³/mol. The first-order valence-electron chi connectivity index (χ1n) is 7.20. The van der Waals surface area contributed by atoms with Crippen molar-refractivity contribution in [2.45, 2.75) is 39.5 Å². The Labute approximate surface area is 120 Å². The lowest BCUT2D eigenvalue weighted by molar-refractivity contribution is 0.503. The van der Waals surface area contributed by atoms with Crippen molar-refractivity contribution in [3.8, 4) is 0 Å². The van der Waals surface area contributed by atoms with Gasteiger partial charge in [-0.3, -0.25) is 0 Å². The van der Waals surface area contributed by atoms with E-state index in [-0.39, 0.29) is 6.29 Å². The highest BCUT2D eigenvalue weighted by Crippen LogP contribution is 2.19. The van der Waals surface area contributed by atoms with Crippen molar-refractivity contribution < 1.29 is 0 Å². The number of benzene rings is 1. The monoisotopic (exact) mass is 270 g/mol. The molecule has 0 bridgehead atoms. The minimum atomic E-state index is -0.0786. The molecule has 1 aromatic rings. The van der Waals surface area contributed by atoms with Crippen molar-refractivity contribution in [1.82, 2.24) is 10.6 Å². The highest BCUT2D eigenvalue weighted by atomic mass is 15.3. The summed E-state index contributed by atoms with van der Waals surface area (Å²) in [6.07, 6.45) is 2.98. The van der Waals surface area contributed by atoms with Gasteiger partial charge in [-0.2, -0.15) is 0 Å².